The smallest absolute Gasteiger partial charge is 0.280 e. The normalized spacial score (nSPS) is 12.1. The number of aromatic nitrogens is 1. The molecule has 0 aliphatic heterocycles. The highest BCUT2D eigenvalue weighted by atomic mass is 32.1. The molecule has 0 saturated heterocycles. The SMILES string of the molecule is CN(C)c1ccc(C(O)CNC(=O)c2nc3ccccc3s2)cc1. The van der Waals surface area contributed by atoms with Crippen LogP contribution in [0.25, 0.3) is 10.2 Å². The first-order valence-electron chi connectivity index (χ1n) is 7.64. The van der Waals surface area contributed by atoms with Crippen LogP contribution in [0.3, 0.4) is 0 Å². The minimum absolute atomic E-state index is 0.149. The predicted molar refractivity (Wildman–Crippen MR) is 97.7 cm³/mol. The number of hydrogen-bond acceptors (Lipinski definition) is 5. The Morgan fingerprint density at radius 1 is 1.21 bits per heavy atom. The van der Waals surface area contributed by atoms with E-state index >= 15 is 0 Å². The van der Waals surface area contributed by atoms with Gasteiger partial charge in [0.05, 0.1) is 16.3 Å². The molecule has 1 aromatic heterocycles. The summed E-state index contributed by atoms with van der Waals surface area (Å²) in [5.74, 6) is -0.264. The molecule has 1 amide bonds. The van der Waals surface area contributed by atoms with E-state index in [2.05, 4.69) is 10.3 Å². The largest absolute Gasteiger partial charge is 0.387 e. The minimum Gasteiger partial charge on any atom is -0.387 e. The van der Waals surface area contributed by atoms with E-state index in [0.717, 1.165) is 21.5 Å². The average Bonchev–Trinajstić information content (AvgIpc) is 3.03. The van der Waals surface area contributed by atoms with Crippen molar-refractivity contribution in [2.24, 2.45) is 0 Å². The molecule has 0 radical (unpaired) electrons. The topological polar surface area (TPSA) is 65.5 Å². The first kappa shape index (κ1) is 16.4. The number of carbonyl (C=O) groups excluding carboxylic acids is 1. The lowest BCUT2D eigenvalue weighted by Crippen LogP contribution is -2.28. The van der Waals surface area contributed by atoms with Crippen molar-refractivity contribution in [2.75, 3.05) is 25.5 Å². The number of amides is 1. The third kappa shape index (κ3) is 3.55. The Bertz CT molecular complexity index is 810. The van der Waals surface area contributed by atoms with E-state index in [1.807, 2.05) is 67.5 Å². The van der Waals surface area contributed by atoms with Gasteiger partial charge >= 0.3 is 0 Å². The van der Waals surface area contributed by atoms with Gasteiger partial charge in [0, 0.05) is 26.3 Å². The highest BCUT2D eigenvalue weighted by Crippen LogP contribution is 2.22. The van der Waals surface area contributed by atoms with Gasteiger partial charge in [-0.1, -0.05) is 24.3 Å². The molecule has 0 aliphatic carbocycles. The Labute approximate surface area is 144 Å². The Kier molecular flexibility index (Phi) is 4.78. The fraction of sp³-hybridized carbons (Fsp3) is 0.222. The molecule has 124 valence electrons. The number of carbonyl (C=O) groups is 1. The van der Waals surface area contributed by atoms with Crippen LogP contribution in [0.5, 0.6) is 0 Å². The second-order valence-corrected chi connectivity index (χ2v) is 6.73. The highest BCUT2D eigenvalue weighted by molar-refractivity contribution is 7.20. The van der Waals surface area contributed by atoms with Crippen molar-refractivity contribution in [3.8, 4) is 0 Å². The maximum atomic E-state index is 12.2. The first-order chi connectivity index (χ1) is 11.5. The van der Waals surface area contributed by atoms with E-state index in [1.165, 1.54) is 11.3 Å². The van der Waals surface area contributed by atoms with Crippen molar-refractivity contribution in [3.05, 3.63) is 59.1 Å². The fourth-order valence-corrected chi connectivity index (χ4v) is 3.23. The first-order valence-corrected chi connectivity index (χ1v) is 8.45. The van der Waals surface area contributed by atoms with E-state index in [4.69, 9.17) is 0 Å². The lowest BCUT2D eigenvalue weighted by Gasteiger charge is -2.15. The van der Waals surface area contributed by atoms with Gasteiger partial charge in [-0.05, 0) is 29.8 Å². The van der Waals surface area contributed by atoms with Gasteiger partial charge in [-0.2, -0.15) is 0 Å². The Morgan fingerprint density at radius 3 is 2.58 bits per heavy atom. The van der Waals surface area contributed by atoms with Gasteiger partial charge in [0.25, 0.3) is 5.91 Å². The Hall–Kier alpha value is -2.44. The molecular weight excluding hydrogens is 322 g/mol. The molecule has 24 heavy (non-hydrogen) atoms. The molecule has 1 atom stereocenters. The van der Waals surface area contributed by atoms with Crippen molar-refractivity contribution in [2.45, 2.75) is 6.10 Å². The summed E-state index contributed by atoms with van der Waals surface area (Å²) in [4.78, 5) is 18.5. The number of aliphatic hydroxyl groups excluding tert-OH is 1. The zero-order valence-corrected chi connectivity index (χ0v) is 14.4. The van der Waals surface area contributed by atoms with E-state index in [9.17, 15) is 9.90 Å². The fourth-order valence-electron chi connectivity index (χ4n) is 2.35. The summed E-state index contributed by atoms with van der Waals surface area (Å²) in [6.07, 6.45) is -0.750. The van der Waals surface area contributed by atoms with Crippen molar-refractivity contribution in [1.29, 1.82) is 0 Å². The summed E-state index contributed by atoms with van der Waals surface area (Å²) in [7, 11) is 3.92. The average molecular weight is 341 g/mol. The van der Waals surface area contributed by atoms with Crippen molar-refractivity contribution in [1.82, 2.24) is 10.3 Å². The molecule has 3 rings (SSSR count). The van der Waals surface area contributed by atoms with Crippen LogP contribution >= 0.6 is 11.3 Å². The molecule has 0 saturated carbocycles. The molecule has 2 aromatic carbocycles. The van der Waals surface area contributed by atoms with E-state index in [1.54, 1.807) is 0 Å². The number of benzene rings is 2. The zero-order valence-electron chi connectivity index (χ0n) is 13.6. The number of para-hydroxylation sites is 1. The summed E-state index contributed by atoms with van der Waals surface area (Å²) < 4.78 is 0.975. The molecule has 0 aliphatic rings. The second kappa shape index (κ2) is 6.98. The van der Waals surface area contributed by atoms with Crippen molar-refractivity contribution in [3.63, 3.8) is 0 Å². The molecule has 0 spiro atoms. The van der Waals surface area contributed by atoms with Gasteiger partial charge < -0.3 is 15.3 Å². The van der Waals surface area contributed by atoms with Crippen LogP contribution in [0.1, 0.15) is 21.5 Å². The van der Waals surface area contributed by atoms with Crippen LogP contribution < -0.4 is 10.2 Å². The van der Waals surface area contributed by atoms with E-state index in [0.29, 0.717) is 5.01 Å². The van der Waals surface area contributed by atoms with Crippen LogP contribution in [-0.4, -0.2) is 36.6 Å². The van der Waals surface area contributed by atoms with Crippen LogP contribution in [0, 0.1) is 0 Å². The third-order valence-electron chi connectivity index (χ3n) is 3.74. The van der Waals surface area contributed by atoms with Crippen LogP contribution in [0.2, 0.25) is 0 Å². The molecule has 1 heterocycles. The molecule has 6 heteroatoms. The molecule has 1 unspecified atom stereocenters. The molecule has 0 bridgehead atoms. The van der Waals surface area contributed by atoms with Gasteiger partial charge in [0.15, 0.2) is 5.01 Å². The van der Waals surface area contributed by atoms with E-state index in [-0.39, 0.29) is 12.5 Å². The number of nitrogens with zero attached hydrogens (tertiary/aromatic N) is 2. The quantitative estimate of drug-likeness (QED) is 0.749. The molecule has 5 nitrogen and oxygen atoms in total. The molecular formula is C18H19N3O2S. The number of hydrogen-bond donors (Lipinski definition) is 2. The van der Waals surface area contributed by atoms with Gasteiger partial charge in [0.2, 0.25) is 0 Å². The molecule has 0 fully saturated rings. The third-order valence-corrected chi connectivity index (χ3v) is 4.77. The van der Waals surface area contributed by atoms with Crippen molar-refractivity contribution < 1.29 is 9.90 Å². The van der Waals surface area contributed by atoms with Gasteiger partial charge in [-0.3, -0.25) is 4.79 Å². The summed E-state index contributed by atoms with van der Waals surface area (Å²) in [5.41, 5.74) is 2.64. The Balaban J connectivity index is 1.62. The lowest BCUT2D eigenvalue weighted by molar-refractivity contribution is 0.0916. The predicted octanol–water partition coefficient (Wildman–Crippen LogP) is 2.83. The van der Waals surface area contributed by atoms with Crippen LogP contribution in [0.4, 0.5) is 5.69 Å². The molecule has 2 N–H and O–H groups in total. The number of fused-ring (bicyclic) bond motifs is 1. The van der Waals surface area contributed by atoms with Crippen LogP contribution in [0.15, 0.2) is 48.5 Å². The summed E-state index contributed by atoms with van der Waals surface area (Å²) in [5, 5.41) is 13.4. The summed E-state index contributed by atoms with van der Waals surface area (Å²) >= 11 is 1.35. The minimum atomic E-state index is -0.750. The van der Waals surface area contributed by atoms with Gasteiger partial charge in [-0.25, -0.2) is 4.98 Å². The van der Waals surface area contributed by atoms with Crippen LogP contribution in [-0.2, 0) is 0 Å². The summed E-state index contributed by atoms with van der Waals surface area (Å²) in [6, 6.07) is 15.2. The van der Waals surface area contributed by atoms with Crippen molar-refractivity contribution >= 4 is 33.1 Å². The van der Waals surface area contributed by atoms with Gasteiger partial charge in [0.1, 0.15) is 0 Å². The maximum absolute atomic E-state index is 12.2. The maximum Gasteiger partial charge on any atom is 0.280 e. The number of aliphatic hydroxyl groups is 1. The second-order valence-electron chi connectivity index (χ2n) is 5.70. The monoisotopic (exact) mass is 341 g/mol. The number of nitrogens with one attached hydrogen (secondary N) is 1. The van der Waals surface area contributed by atoms with E-state index < -0.39 is 6.10 Å². The number of anilines is 1. The standard InChI is InChI=1S/C18H19N3O2S/c1-21(2)13-9-7-12(8-10-13)15(22)11-19-17(23)18-20-14-5-3-4-6-16(14)24-18/h3-10,15,22H,11H2,1-2H3,(H,19,23). The lowest BCUT2D eigenvalue weighted by atomic mass is 10.1. The number of rotatable bonds is 5. The highest BCUT2D eigenvalue weighted by Gasteiger charge is 2.14. The molecule has 3 aromatic rings. The summed E-state index contributed by atoms with van der Waals surface area (Å²) in [6.45, 7) is 0.149. The zero-order chi connectivity index (χ0) is 17.1. The Morgan fingerprint density at radius 2 is 1.92 bits per heavy atom. The van der Waals surface area contributed by atoms with Gasteiger partial charge in [-0.15, -0.1) is 11.3 Å². The number of thiazole rings is 1.